The van der Waals surface area contributed by atoms with Crippen LogP contribution in [0.15, 0.2) is 0 Å². The summed E-state index contributed by atoms with van der Waals surface area (Å²) in [6, 6.07) is 0. The molecule has 2 N–H and O–H groups in total. The Morgan fingerprint density at radius 2 is 2.35 bits per heavy atom. The molecule has 17 heavy (non-hydrogen) atoms. The van der Waals surface area contributed by atoms with Crippen molar-refractivity contribution < 1.29 is 0 Å². The number of aryl methyl sites for hydroxylation is 2. The van der Waals surface area contributed by atoms with Gasteiger partial charge in [0.2, 0.25) is 0 Å². The molecule has 2 heterocycles. The molecule has 0 spiro atoms. The molecular formula is C13H23N3S. The number of hydrogen-bond donors (Lipinski definition) is 1. The van der Waals surface area contributed by atoms with Crippen LogP contribution < -0.4 is 5.73 Å². The van der Waals surface area contributed by atoms with Crippen LogP contribution in [-0.2, 0) is 6.42 Å². The maximum atomic E-state index is 5.57. The zero-order valence-corrected chi connectivity index (χ0v) is 11.7. The zero-order chi connectivity index (χ0) is 12.3. The van der Waals surface area contributed by atoms with Crippen LogP contribution in [0.3, 0.4) is 0 Å². The summed E-state index contributed by atoms with van der Waals surface area (Å²) >= 11 is 1.91. The molecule has 96 valence electrons. The largest absolute Gasteiger partial charge is 0.330 e. The van der Waals surface area contributed by atoms with Crippen molar-refractivity contribution in [2.45, 2.75) is 38.5 Å². The van der Waals surface area contributed by atoms with Gasteiger partial charge < -0.3 is 10.6 Å². The lowest BCUT2D eigenvalue weighted by Crippen LogP contribution is -2.30. The fraction of sp³-hybridized carbons (Fsp3) is 0.769. The van der Waals surface area contributed by atoms with Gasteiger partial charge >= 0.3 is 0 Å². The quantitative estimate of drug-likeness (QED) is 0.894. The predicted octanol–water partition coefficient (Wildman–Crippen LogP) is 2.15. The van der Waals surface area contributed by atoms with Crippen LogP contribution in [0.1, 0.15) is 40.8 Å². The lowest BCUT2D eigenvalue weighted by atomic mass is 9.99. The van der Waals surface area contributed by atoms with Crippen LogP contribution in [0.25, 0.3) is 0 Å². The Hall–Kier alpha value is -0.450. The Morgan fingerprint density at radius 3 is 3.06 bits per heavy atom. The second kappa shape index (κ2) is 5.94. The van der Waals surface area contributed by atoms with Crippen molar-refractivity contribution in [2.24, 2.45) is 5.73 Å². The zero-order valence-electron chi connectivity index (χ0n) is 10.9. The van der Waals surface area contributed by atoms with Gasteiger partial charge in [-0.15, -0.1) is 11.3 Å². The number of piperidine rings is 1. The molecule has 0 radical (unpaired) electrons. The topological polar surface area (TPSA) is 42.2 Å². The highest BCUT2D eigenvalue weighted by atomic mass is 32.1. The van der Waals surface area contributed by atoms with E-state index in [1.165, 1.54) is 41.5 Å². The van der Waals surface area contributed by atoms with Gasteiger partial charge in [0.1, 0.15) is 0 Å². The van der Waals surface area contributed by atoms with Crippen molar-refractivity contribution in [1.82, 2.24) is 9.88 Å². The molecular weight excluding hydrogens is 230 g/mol. The number of thiazole rings is 1. The van der Waals surface area contributed by atoms with E-state index in [0.717, 1.165) is 19.4 Å². The summed E-state index contributed by atoms with van der Waals surface area (Å²) in [7, 11) is 2.21. The van der Waals surface area contributed by atoms with Gasteiger partial charge in [-0.1, -0.05) is 0 Å². The van der Waals surface area contributed by atoms with E-state index < -0.39 is 0 Å². The Labute approximate surface area is 108 Å². The molecule has 0 amide bonds. The van der Waals surface area contributed by atoms with Gasteiger partial charge in [-0.05, 0) is 52.7 Å². The molecule has 1 fully saturated rings. The average Bonchev–Trinajstić information content (AvgIpc) is 2.68. The summed E-state index contributed by atoms with van der Waals surface area (Å²) < 4.78 is 0. The van der Waals surface area contributed by atoms with Gasteiger partial charge in [0, 0.05) is 17.3 Å². The molecule has 1 saturated heterocycles. The fourth-order valence-corrected chi connectivity index (χ4v) is 3.72. The molecule has 0 saturated carbocycles. The number of nitrogens with zero attached hydrogens (tertiary/aromatic N) is 2. The fourth-order valence-electron chi connectivity index (χ4n) is 2.49. The highest BCUT2D eigenvalue weighted by molar-refractivity contribution is 7.11. The molecule has 4 heteroatoms. The summed E-state index contributed by atoms with van der Waals surface area (Å²) in [5.41, 5.74) is 6.80. The van der Waals surface area contributed by atoms with Gasteiger partial charge in [-0.25, -0.2) is 4.98 Å². The van der Waals surface area contributed by atoms with Crippen LogP contribution in [-0.4, -0.2) is 36.6 Å². The summed E-state index contributed by atoms with van der Waals surface area (Å²) in [5.74, 6) is 0.657. The Bertz CT molecular complexity index is 362. The third-order valence-corrected chi connectivity index (χ3v) is 4.87. The lowest BCUT2D eigenvalue weighted by Gasteiger charge is -2.28. The van der Waals surface area contributed by atoms with E-state index in [4.69, 9.17) is 10.7 Å². The van der Waals surface area contributed by atoms with Crippen LogP contribution >= 0.6 is 11.3 Å². The first-order valence-corrected chi connectivity index (χ1v) is 7.37. The van der Waals surface area contributed by atoms with Gasteiger partial charge in [0.15, 0.2) is 0 Å². The lowest BCUT2D eigenvalue weighted by molar-refractivity contribution is 0.250. The Kier molecular flexibility index (Phi) is 4.54. The number of hydrogen-bond acceptors (Lipinski definition) is 4. The van der Waals surface area contributed by atoms with Crippen molar-refractivity contribution in [2.75, 3.05) is 26.7 Å². The van der Waals surface area contributed by atoms with E-state index in [1.807, 2.05) is 11.3 Å². The normalized spacial score (nSPS) is 21.9. The summed E-state index contributed by atoms with van der Waals surface area (Å²) in [4.78, 5) is 8.64. The highest BCUT2D eigenvalue weighted by Crippen LogP contribution is 2.31. The number of likely N-dealkylation sites (N-methyl/N-ethyl adjacent to an activating group) is 1. The minimum absolute atomic E-state index is 0.657. The minimum Gasteiger partial charge on any atom is -0.330 e. The van der Waals surface area contributed by atoms with Crippen LogP contribution in [0.5, 0.6) is 0 Å². The van der Waals surface area contributed by atoms with Crippen LogP contribution in [0.2, 0.25) is 0 Å². The first-order valence-electron chi connectivity index (χ1n) is 6.55. The van der Waals surface area contributed by atoms with Crippen molar-refractivity contribution in [3.8, 4) is 0 Å². The van der Waals surface area contributed by atoms with E-state index in [0.29, 0.717) is 5.92 Å². The molecule has 1 aliphatic heterocycles. The molecule has 0 aliphatic carbocycles. The van der Waals surface area contributed by atoms with E-state index in [-0.39, 0.29) is 0 Å². The second-order valence-electron chi connectivity index (χ2n) is 5.05. The van der Waals surface area contributed by atoms with E-state index in [2.05, 4.69) is 18.9 Å². The van der Waals surface area contributed by atoms with Gasteiger partial charge in [-0.2, -0.15) is 0 Å². The van der Waals surface area contributed by atoms with Gasteiger partial charge in [0.05, 0.1) is 10.7 Å². The number of aromatic nitrogens is 1. The molecule has 1 unspecified atom stereocenters. The minimum atomic E-state index is 0.657. The van der Waals surface area contributed by atoms with E-state index in [1.54, 1.807) is 0 Å². The molecule has 3 nitrogen and oxygen atoms in total. The summed E-state index contributed by atoms with van der Waals surface area (Å²) in [6.45, 7) is 5.32. The number of nitrogens with two attached hydrogens (primary N) is 1. The smallest absolute Gasteiger partial charge is 0.0974 e. The Balaban J connectivity index is 2.05. The molecule has 1 aliphatic rings. The second-order valence-corrected chi connectivity index (χ2v) is 6.17. The monoisotopic (exact) mass is 253 g/mol. The highest BCUT2D eigenvalue weighted by Gasteiger charge is 2.22. The van der Waals surface area contributed by atoms with E-state index >= 15 is 0 Å². The SMILES string of the molecule is Cc1nc(C2CCCN(C)C2)sc1CCCN. The van der Waals surface area contributed by atoms with Gasteiger partial charge in [-0.3, -0.25) is 0 Å². The maximum absolute atomic E-state index is 5.57. The molecule has 1 aromatic rings. The van der Waals surface area contributed by atoms with Crippen LogP contribution in [0.4, 0.5) is 0 Å². The standard InChI is InChI=1S/C13H23N3S/c1-10-12(6-3-7-14)17-13(15-10)11-5-4-8-16(2)9-11/h11H,3-9,14H2,1-2H3. The average molecular weight is 253 g/mol. The Morgan fingerprint density at radius 1 is 1.53 bits per heavy atom. The van der Waals surface area contributed by atoms with E-state index in [9.17, 15) is 0 Å². The van der Waals surface area contributed by atoms with Crippen molar-refractivity contribution in [3.05, 3.63) is 15.6 Å². The first-order chi connectivity index (χ1) is 8.20. The molecule has 1 aromatic heterocycles. The first kappa shape index (κ1) is 13.0. The molecule has 0 aromatic carbocycles. The number of likely N-dealkylation sites (tertiary alicyclic amines) is 1. The molecule has 1 atom stereocenters. The van der Waals surface area contributed by atoms with Crippen molar-refractivity contribution in [3.63, 3.8) is 0 Å². The summed E-state index contributed by atoms with van der Waals surface area (Å²) in [5, 5.41) is 1.35. The van der Waals surface area contributed by atoms with Gasteiger partial charge in [0.25, 0.3) is 0 Å². The maximum Gasteiger partial charge on any atom is 0.0974 e. The van der Waals surface area contributed by atoms with Crippen molar-refractivity contribution in [1.29, 1.82) is 0 Å². The molecule has 0 bridgehead atoms. The predicted molar refractivity (Wildman–Crippen MR) is 73.7 cm³/mol. The third kappa shape index (κ3) is 3.27. The van der Waals surface area contributed by atoms with Crippen molar-refractivity contribution >= 4 is 11.3 Å². The number of rotatable bonds is 4. The third-order valence-electron chi connectivity index (χ3n) is 3.49. The summed E-state index contributed by atoms with van der Waals surface area (Å²) in [6.07, 6.45) is 4.78. The molecule has 2 rings (SSSR count). The van der Waals surface area contributed by atoms with Crippen LogP contribution in [0, 0.1) is 6.92 Å².